The van der Waals surface area contributed by atoms with E-state index in [1.807, 2.05) is 32.5 Å². The molecule has 5 nitrogen and oxygen atoms in total. The van der Waals surface area contributed by atoms with Crippen LogP contribution in [0.2, 0.25) is 0 Å². The normalized spacial score (nSPS) is 19.7. The number of nitrogens with zero attached hydrogens (tertiary/aromatic N) is 2. The summed E-state index contributed by atoms with van der Waals surface area (Å²) in [4.78, 5) is 18.2. The molecule has 1 saturated heterocycles. The fourth-order valence-corrected chi connectivity index (χ4v) is 3.17. The standard InChI is InChI=1S/C14H27N3O2S/c1-13(2,3)19-11(18)9-16-12(15-6)17-7-8-20-14(4,5)10-17/h7-10H2,1-6H3,(H,15,16). The lowest BCUT2D eigenvalue weighted by Crippen LogP contribution is -2.52. The smallest absolute Gasteiger partial charge is 0.325 e. The van der Waals surface area contributed by atoms with E-state index in [0.717, 1.165) is 24.8 Å². The third-order valence-electron chi connectivity index (χ3n) is 2.75. The van der Waals surface area contributed by atoms with Gasteiger partial charge in [-0.25, -0.2) is 0 Å². The minimum absolute atomic E-state index is 0.147. The zero-order valence-electron chi connectivity index (χ0n) is 13.4. The highest BCUT2D eigenvalue weighted by molar-refractivity contribution is 8.00. The van der Waals surface area contributed by atoms with Crippen LogP contribution < -0.4 is 5.32 Å². The maximum Gasteiger partial charge on any atom is 0.325 e. The predicted molar refractivity (Wildman–Crippen MR) is 85.3 cm³/mol. The highest BCUT2D eigenvalue weighted by Gasteiger charge is 2.29. The molecule has 1 fully saturated rings. The molecule has 1 rings (SSSR count). The molecule has 0 aromatic carbocycles. The van der Waals surface area contributed by atoms with Crippen LogP contribution in [0, 0.1) is 0 Å². The van der Waals surface area contributed by atoms with Crippen molar-refractivity contribution in [3.63, 3.8) is 0 Å². The topological polar surface area (TPSA) is 53.9 Å². The van der Waals surface area contributed by atoms with Crippen LogP contribution in [0.25, 0.3) is 0 Å². The molecule has 1 aliphatic heterocycles. The highest BCUT2D eigenvalue weighted by atomic mass is 32.2. The summed E-state index contributed by atoms with van der Waals surface area (Å²) >= 11 is 1.97. The Labute approximate surface area is 126 Å². The minimum atomic E-state index is -0.452. The number of carbonyl (C=O) groups is 1. The van der Waals surface area contributed by atoms with Crippen molar-refractivity contribution in [3.8, 4) is 0 Å². The maximum absolute atomic E-state index is 11.7. The van der Waals surface area contributed by atoms with Gasteiger partial charge in [-0.05, 0) is 34.6 Å². The number of aliphatic imine (C=N–C) groups is 1. The van der Waals surface area contributed by atoms with Gasteiger partial charge in [0.25, 0.3) is 0 Å². The second-order valence-corrected chi connectivity index (χ2v) is 8.32. The van der Waals surface area contributed by atoms with Gasteiger partial charge in [-0.15, -0.1) is 0 Å². The molecular weight excluding hydrogens is 274 g/mol. The van der Waals surface area contributed by atoms with Crippen LogP contribution in [0.4, 0.5) is 0 Å². The fourth-order valence-electron chi connectivity index (χ4n) is 2.06. The highest BCUT2D eigenvalue weighted by Crippen LogP contribution is 2.29. The van der Waals surface area contributed by atoms with E-state index in [2.05, 4.69) is 29.1 Å². The van der Waals surface area contributed by atoms with Gasteiger partial charge < -0.3 is 15.0 Å². The zero-order valence-corrected chi connectivity index (χ0v) is 14.3. The Balaban J connectivity index is 2.50. The van der Waals surface area contributed by atoms with E-state index in [1.54, 1.807) is 7.05 Å². The summed E-state index contributed by atoms with van der Waals surface area (Å²) in [6, 6.07) is 0. The van der Waals surface area contributed by atoms with Crippen molar-refractivity contribution in [2.75, 3.05) is 32.4 Å². The first-order chi connectivity index (χ1) is 9.13. The SMILES string of the molecule is CN=C(NCC(=O)OC(C)(C)C)N1CCSC(C)(C)C1. The van der Waals surface area contributed by atoms with Crippen molar-refractivity contribution >= 4 is 23.7 Å². The predicted octanol–water partition coefficient (Wildman–Crippen LogP) is 1.73. The molecule has 0 bridgehead atoms. The average molecular weight is 301 g/mol. The molecule has 1 heterocycles. The third-order valence-corrected chi connectivity index (χ3v) is 4.05. The van der Waals surface area contributed by atoms with Crippen molar-refractivity contribution < 1.29 is 9.53 Å². The number of ether oxygens (including phenoxy) is 1. The van der Waals surface area contributed by atoms with Crippen LogP contribution in [-0.4, -0.2) is 59.6 Å². The summed E-state index contributed by atoms with van der Waals surface area (Å²) in [6.07, 6.45) is 0. The van der Waals surface area contributed by atoms with Gasteiger partial charge in [0.2, 0.25) is 0 Å². The quantitative estimate of drug-likeness (QED) is 0.478. The summed E-state index contributed by atoms with van der Waals surface area (Å²) in [5.74, 6) is 1.58. The van der Waals surface area contributed by atoms with Gasteiger partial charge in [-0.1, -0.05) is 0 Å². The van der Waals surface area contributed by atoms with Gasteiger partial charge in [0.05, 0.1) is 0 Å². The average Bonchev–Trinajstić information content (AvgIpc) is 2.26. The van der Waals surface area contributed by atoms with Crippen molar-refractivity contribution in [1.82, 2.24) is 10.2 Å². The Bertz CT molecular complexity index is 375. The number of hydrogen-bond acceptors (Lipinski definition) is 4. The molecular formula is C14H27N3O2S. The van der Waals surface area contributed by atoms with E-state index >= 15 is 0 Å². The van der Waals surface area contributed by atoms with Crippen LogP contribution in [-0.2, 0) is 9.53 Å². The fraction of sp³-hybridized carbons (Fsp3) is 0.857. The van der Waals surface area contributed by atoms with Crippen molar-refractivity contribution in [3.05, 3.63) is 0 Å². The van der Waals surface area contributed by atoms with Crippen LogP contribution in [0.1, 0.15) is 34.6 Å². The largest absolute Gasteiger partial charge is 0.459 e. The van der Waals surface area contributed by atoms with Gasteiger partial charge in [0.1, 0.15) is 12.1 Å². The third kappa shape index (κ3) is 6.03. The Morgan fingerprint density at radius 3 is 2.60 bits per heavy atom. The summed E-state index contributed by atoms with van der Waals surface area (Å²) < 4.78 is 5.49. The van der Waals surface area contributed by atoms with Gasteiger partial charge in [0, 0.05) is 30.6 Å². The molecule has 116 valence electrons. The summed E-state index contributed by atoms with van der Waals surface area (Å²) in [5.41, 5.74) is -0.452. The first-order valence-electron chi connectivity index (χ1n) is 6.94. The number of nitrogens with one attached hydrogen (secondary N) is 1. The van der Waals surface area contributed by atoms with E-state index in [0.29, 0.717) is 0 Å². The van der Waals surface area contributed by atoms with E-state index in [4.69, 9.17) is 4.74 Å². The molecule has 0 saturated carbocycles. The molecule has 0 radical (unpaired) electrons. The lowest BCUT2D eigenvalue weighted by molar-refractivity contribution is -0.153. The monoisotopic (exact) mass is 301 g/mol. The maximum atomic E-state index is 11.7. The zero-order chi connectivity index (χ0) is 15.4. The molecule has 0 unspecified atom stereocenters. The molecule has 6 heteroatoms. The number of thioether (sulfide) groups is 1. The van der Waals surface area contributed by atoms with Gasteiger partial charge >= 0.3 is 5.97 Å². The molecule has 0 spiro atoms. The molecule has 1 aliphatic rings. The number of guanidine groups is 1. The lowest BCUT2D eigenvalue weighted by atomic mass is 10.2. The van der Waals surface area contributed by atoms with Crippen LogP contribution in [0.3, 0.4) is 0 Å². The van der Waals surface area contributed by atoms with Crippen molar-refractivity contribution in [2.45, 2.75) is 45.0 Å². The first-order valence-corrected chi connectivity index (χ1v) is 7.93. The van der Waals surface area contributed by atoms with E-state index < -0.39 is 5.60 Å². The van der Waals surface area contributed by atoms with Gasteiger partial charge in [-0.3, -0.25) is 9.79 Å². The summed E-state index contributed by atoms with van der Waals surface area (Å²) in [6.45, 7) is 12.1. The second kappa shape index (κ2) is 6.70. The van der Waals surface area contributed by atoms with Crippen LogP contribution in [0.5, 0.6) is 0 Å². The molecule has 0 aromatic rings. The summed E-state index contributed by atoms with van der Waals surface area (Å²) in [5, 5.41) is 3.09. The number of hydrogen-bond donors (Lipinski definition) is 1. The minimum Gasteiger partial charge on any atom is -0.459 e. The molecule has 0 atom stereocenters. The molecule has 0 aromatic heterocycles. The second-order valence-electron chi connectivity index (χ2n) is 6.52. The molecule has 1 N–H and O–H groups in total. The van der Waals surface area contributed by atoms with Crippen LogP contribution in [0.15, 0.2) is 4.99 Å². The number of rotatable bonds is 2. The van der Waals surface area contributed by atoms with Gasteiger partial charge in [0.15, 0.2) is 5.96 Å². The lowest BCUT2D eigenvalue weighted by Gasteiger charge is -2.39. The summed E-state index contributed by atoms with van der Waals surface area (Å²) in [7, 11) is 1.74. The van der Waals surface area contributed by atoms with Crippen molar-refractivity contribution in [2.24, 2.45) is 4.99 Å². The Hall–Kier alpha value is -0.910. The number of carbonyl (C=O) groups excluding carboxylic acids is 1. The van der Waals surface area contributed by atoms with Gasteiger partial charge in [-0.2, -0.15) is 11.8 Å². The molecule has 0 aliphatic carbocycles. The van der Waals surface area contributed by atoms with Crippen molar-refractivity contribution in [1.29, 1.82) is 0 Å². The Morgan fingerprint density at radius 1 is 1.45 bits per heavy atom. The number of esters is 1. The molecule has 20 heavy (non-hydrogen) atoms. The Kier molecular flexibility index (Phi) is 5.74. The van der Waals surface area contributed by atoms with E-state index in [9.17, 15) is 4.79 Å². The van der Waals surface area contributed by atoms with E-state index in [1.165, 1.54) is 0 Å². The Morgan fingerprint density at radius 2 is 2.10 bits per heavy atom. The first kappa shape index (κ1) is 17.1. The van der Waals surface area contributed by atoms with E-state index in [-0.39, 0.29) is 17.3 Å². The molecule has 0 amide bonds. The van der Waals surface area contributed by atoms with Crippen LogP contribution >= 0.6 is 11.8 Å².